The third-order valence-electron chi connectivity index (χ3n) is 5.60. The van der Waals surface area contributed by atoms with Gasteiger partial charge in [0.2, 0.25) is 5.91 Å². The summed E-state index contributed by atoms with van der Waals surface area (Å²) >= 11 is 0. The predicted octanol–water partition coefficient (Wildman–Crippen LogP) is 4.51. The summed E-state index contributed by atoms with van der Waals surface area (Å²) in [6.07, 6.45) is -0.222. The lowest BCUT2D eigenvalue weighted by atomic mass is 10.1. The molecule has 3 aromatic rings. The standard InChI is InChI=1S/C26H24FN3O4/c1-17-4-3-5-21(14-17)30-25(32)23(15-24(31)28-20-10-12-22(34-2)13-11-20)29(26(30)33)16-18-6-8-19(27)9-7-18/h3-14,23H,15-16H2,1-2H3,(H,28,31)/t23-/m0/s1. The number of aryl methyl sites for hydroxylation is 1. The Hall–Kier alpha value is -4.20. The van der Waals surface area contributed by atoms with E-state index in [1.54, 1.807) is 61.7 Å². The number of carbonyl (C=O) groups is 3. The van der Waals surface area contributed by atoms with Crippen molar-refractivity contribution in [1.82, 2.24) is 4.90 Å². The van der Waals surface area contributed by atoms with Crippen LogP contribution in [0.4, 0.5) is 20.6 Å². The van der Waals surface area contributed by atoms with Gasteiger partial charge in [-0.25, -0.2) is 14.1 Å². The Labute approximate surface area is 196 Å². The molecule has 7 nitrogen and oxygen atoms in total. The number of hydrogen-bond donors (Lipinski definition) is 1. The van der Waals surface area contributed by atoms with Gasteiger partial charge in [-0.15, -0.1) is 0 Å². The average molecular weight is 461 g/mol. The van der Waals surface area contributed by atoms with Crippen molar-refractivity contribution in [3.8, 4) is 5.75 Å². The predicted molar refractivity (Wildman–Crippen MR) is 126 cm³/mol. The molecule has 4 amide bonds. The van der Waals surface area contributed by atoms with Crippen molar-refractivity contribution in [3.05, 3.63) is 89.7 Å². The van der Waals surface area contributed by atoms with Crippen LogP contribution in [0.3, 0.4) is 0 Å². The highest BCUT2D eigenvalue weighted by molar-refractivity contribution is 6.22. The van der Waals surface area contributed by atoms with E-state index in [4.69, 9.17) is 4.74 Å². The number of halogens is 1. The zero-order valence-corrected chi connectivity index (χ0v) is 18.8. The number of imide groups is 1. The van der Waals surface area contributed by atoms with Crippen LogP contribution in [-0.4, -0.2) is 35.9 Å². The van der Waals surface area contributed by atoms with Crippen LogP contribution in [0.5, 0.6) is 5.75 Å². The van der Waals surface area contributed by atoms with Crippen LogP contribution in [0.25, 0.3) is 0 Å². The number of carbonyl (C=O) groups excluding carboxylic acids is 3. The SMILES string of the molecule is COc1ccc(NC(=O)C[C@H]2C(=O)N(c3cccc(C)c3)C(=O)N2Cc2ccc(F)cc2)cc1. The monoisotopic (exact) mass is 461 g/mol. The zero-order chi connectivity index (χ0) is 24.2. The van der Waals surface area contributed by atoms with Gasteiger partial charge in [-0.1, -0.05) is 24.3 Å². The Morgan fingerprint density at radius 1 is 1.03 bits per heavy atom. The summed E-state index contributed by atoms with van der Waals surface area (Å²) in [5.74, 6) is -0.646. The molecular weight excluding hydrogens is 437 g/mol. The van der Waals surface area contributed by atoms with E-state index in [1.165, 1.54) is 17.0 Å². The van der Waals surface area contributed by atoms with Gasteiger partial charge in [0.05, 0.1) is 19.2 Å². The van der Waals surface area contributed by atoms with Crippen molar-refractivity contribution < 1.29 is 23.5 Å². The van der Waals surface area contributed by atoms with Gasteiger partial charge >= 0.3 is 6.03 Å². The minimum absolute atomic E-state index is 0.0631. The molecule has 1 saturated heterocycles. The van der Waals surface area contributed by atoms with Gasteiger partial charge in [0.15, 0.2) is 0 Å². The summed E-state index contributed by atoms with van der Waals surface area (Å²) in [5, 5.41) is 2.76. The van der Waals surface area contributed by atoms with Crippen LogP contribution >= 0.6 is 0 Å². The first-order valence-electron chi connectivity index (χ1n) is 10.8. The van der Waals surface area contributed by atoms with Crippen molar-refractivity contribution in [1.29, 1.82) is 0 Å². The second kappa shape index (κ2) is 9.74. The highest BCUT2D eigenvalue weighted by Gasteiger charge is 2.46. The molecule has 4 rings (SSSR count). The maximum Gasteiger partial charge on any atom is 0.332 e. The number of nitrogens with zero attached hydrogens (tertiary/aromatic N) is 2. The quantitative estimate of drug-likeness (QED) is 0.525. The number of ether oxygens (including phenoxy) is 1. The van der Waals surface area contributed by atoms with Crippen LogP contribution in [0.2, 0.25) is 0 Å². The molecule has 0 unspecified atom stereocenters. The van der Waals surface area contributed by atoms with Gasteiger partial charge in [-0.05, 0) is 66.6 Å². The molecule has 174 valence electrons. The fourth-order valence-corrected chi connectivity index (χ4v) is 3.87. The van der Waals surface area contributed by atoms with Crippen LogP contribution < -0.4 is 15.0 Å². The highest BCUT2D eigenvalue weighted by Crippen LogP contribution is 2.29. The van der Waals surface area contributed by atoms with Gasteiger partial charge in [0.1, 0.15) is 17.6 Å². The highest BCUT2D eigenvalue weighted by atomic mass is 19.1. The average Bonchev–Trinajstić information content (AvgIpc) is 3.04. The Kier molecular flexibility index (Phi) is 6.58. The van der Waals surface area contributed by atoms with E-state index in [-0.39, 0.29) is 13.0 Å². The number of rotatable bonds is 7. The molecule has 1 N–H and O–H groups in total. The van der Waals surface area contributed by atoms with E-state index in [9.17, 15) is 18.8 Å². The van der Waals surface area contributed by atoms with E-state index in [0.717, 1.165) is 10.5 Å². The Morgan fingerprint density at radius 3 is 2.38 bits per heavy atom. The maximum atomic E-state index is 13.4. The van der Waals surface area contributed by atoms with E-state index < -0.39 is 29.7 Å². The van der Waals surface area contributed by atoms with Crippen LogP contribution in [-0.2, 0) is 16.1 Å². The molecule has 1 heterocycles. The summed E-state index contributed by atoms with van der Waals surface area (Å²) in [7, 11) is 1.55. The van der Waals surface area contributed by atoms with E-state index in [0.29, 0.717) is 22.7 Å². The number of amides is 4. The smallest absolute Gasteiger partial charge is 0.332 e. The first-order chi connectivity index (χ1) is 16.4. The lowest BCUT2D eigenvalue weighted by Gasteiger charge is -2.21. The fourth-order valence-electron chi connectivity index (χ4n) is 3.87. The molecule has 34 heavy (non-hydrogen) atoms. The molecule has 1 aliphatic heterocycles. The van der Waals surface area contributed by atoms with Gasteiger partial charge in [0.25, 0.3) is 5.91 Å². The molecule has 1 atom stereocenters. The Bertz CT molecular complexity index is 1210. The van der Waals surface area contributed by atoms with Gasteiger partial charge in [-0.2, -0.15) is 0 Å². The number of hydrogen-bond acceptors (Lipinski definition) is 4. The van der Waals surface area contributed by atoms with E-state index in [1.807, 2.05) is 13.0 Å². The van der Waals surface area contributed by atoms with Gasteiger partial charge < -0.3 is 15.0 Å². The maximum absolute atomic E-state index is 13.4. The molecule has 3 aromatic carbocycles. The molecular formula is C26H24FN3O4. The van der Waals surface area contributed by atoms with Crippen LogP contribution in [0, 0.1) is 12.7 Å². The number of nitrogens with one attached hydrogen (secondary N) is 1. The minimum Gasteiger partial charge on any atom is -0.497 e. The molecule has 0 spiro atoms. The first-order valence-corrected chi connectivity index (χ1v) is 10.8. The summed E-state index contributed by atoms with van der Waals surface area (Å²) in [4.78, 5) is 42.0. The number of benzene rings is 3. The van der Waals surface area contributed by atoms with Gasteiger partial charge in [0, 0.05) is 12.2 Å². The second-order valence-electron chi connectivity index (χ2n) is 8.05. The molecule has 8 heteroatoms. The first kappa shape index (κ1) is 23.0. The third-order valence-corrected chi connectivity index (χ3v) is 5.60. The molecule has 0 radical (unpaired) electrons. The molecule has 0 aliphatic carbocycles. The summed E-state index contributed by atoms with van der Waals surface area (Å²) < 4.78 is 18.5. The largest absolute Gasteiger partial charge is 0.497 e. The van der Waals surface area contributed by atoms with Crippen LogP contribution in [0.1, 0.15) is 17.5 Å². The normalized spacial score (nSPS) is 15.6. The summed E-state index contributed by atoms with van der Waals surface area (Å²) in [6, 6.07) is 18.0. The van der Waals surface area contributed by atoms with Crippen molar-refractivity contribution in [2.75, 3.05) is 17.3 Å². The van der Waals surface area contributed by atoms with Gasteiger partial charge in [-0.3, -0.25) is 9.59 Å². The number of anilines is 2. The Morgan fingerprint density at radius 2 is 1.74 bits per heavy atom. The summed E-state index contributed by atoms with van der Waals surface area (Å²) in [5.41, 5.74) is 2.53. The van der Waals surface area contributed by atoms with Crippen molar-refractivity contribution in [2.45, 2.75) is 25.9 Å². The summed E-state index contributed by atoms with van der Waals surface area (Å²) in [6.45, 7) is 1.93. The Balaban J connectivity index is 1.59. The molecule has 0 bridgehead atoms. The second-order valence-corrected chi connectivity index (χ2v) is 8.05. The molecule has 0 aromatic heterocycles. The number of urea groups is 1. The van der Waals surface area contributed by atoms with Crippen LogP contribution in [0.15, 0.2) is 72.8 Å². The van der Waals surface area contributed by atoms with Crippen molar-refractivity contribution in [3.63, 3.8) is 0 Å². The molecule has 1 fully saturated rings. The van der Waals surface area contributed by atoms with Crippen molar-refractivity contribution in [2.24, 2.45) is 0 Å². The van der Waals surface area contributed by atoms with Crippen molar-refractivity contribution >= 4 is 29.2 Å². The van der Waals surface area contributed by atoms with E-state index >= 15 is 0 Å². The lowest BCUT2D eigenvalue weighted by molar-refractivity contribution is -0.124. The lowest BCUT2D eigenvalue weighted by Crippen LogP contribution is -2.37. The molecule has 0 saturated carbocycles. The third kappa shape index (κ3) is 4.91. The molecule has 1 aliphatic rings. The minimum atomic E-state index is -1.00. The number of methoxy groups -OCH3 is 1. The van der Waals surface area contributed by atoms with E-state index in [2.05, 4.69) is 5.32 Å². The zero-order valence-electron chi connectivity index (χ0n) is 18.8. The fraction of sp³-hybridized carbons (Fsp3) is 0.192. The topological polar surface area (TPSA) is 79.0 Å².